The minimum Gasteiger partial charge on any atom is -0.337 e. The fraction of sp³-hybridized carbons (Fsp3) is 0.250. The number of nitrogens with two attached hydrogens (primary N) is 1. The number of nitrogens with zero attached hydrogens (tertiary/aromatic N) is 3. The van der Waals surface area contributed by atoms with Gasteiger partial charge >= 0.3 is 0 Å². The fourth-order valence-electron chi connectivity index (χ4n) is 3.20. The Hall–Kier alpha value is -2.57. The van der Waals surface area contributed by atoms with Crippen LogP contribution in [0.4, 0.5) is 0 Å². The Morgan fingerprint density at radius 2 is 1.88 bits per heavy atom. The molecule has 3 aromatic rings. The van der Waals surface area contributed by atoms with Gasteiger partial charge in [0.25, 0.3) is 5.91 Å². The topological polar surface area (TPSA) is 72.1 Å². The second-order valence-electron chi connectivity index (χ2n) is 6.58. The number of aryl methyl sites for hydroxylation is 1. The van der Waals surface area contributed by atoms with Crippen LogP contribution in [-0.4, -0.2) is 40.1 Å². The summed E-state index contributed by atoms with van der Waals surface area (Å²) in [6.45, 7) is 3.34. The lowest BCUT2D eigenvalue weighted by Crippen LogP contribution is -2.31. The highest BCUT2D eigenvalue weighted by molar-refractivity contribution is 7.14. The Kier molecular flexibility index (Phi) is 4.53. The van der Waals surface area contributed by atoms with Crippen LogP contribution in [0.2, 0.25) is 0 Å². The van der Waals surface area contributed by atoms with E-state index in [-0.39, 0.29) is 11.9 Å². The highest BCUT2D eigenvalue weighted by atomic mass is 32.1. The molecule has 6 heteroatoms. The van der Waals surface area contributed by atoms with E-state index in [2.05, 4.69) is 22.3 Å². The quantitative estimate of drug-likeness (QED) is 0.773. The molecule has 2 aromatic carbocycles. The predicted octanol–water partition coefficient (Wildman–Crippen LogP) is 3.35. The van der Waals surface area contributed by atoms with Crippen LogP contribution in [0.1, 0.15) is 21.8 Å². The summed E-state index contributed by atoms with van der Waals surface area (Å²) in [5, 5.41) is 10.2. The minimum absolute atomic E-state index is 0.0579. The largest absolute Gasteiger partial charge is 0.337 e. The van der Waals surface area contributed by atoms with Crippen LogP contribution in [0.25, 0.3) is 21.7 Å². The Morgan fingerprint density at radius 3 is 2.54 bits per heavy atom. The zero-order valence-electron chi connectivity index (χ0n) is 14.6. The zero-order valence-corrected chi connectivity index (χ0v) is 15.4. The van der Waals surface area contributed by atoms with Crippen molar-refractivity contribution in [2.24, 2.45) is 5.73 Å². The number of likely N-dealkylation sites (tertiary alicyclic amines) is 1. The van der Waals surface area contributed by atoms with Gasteiger partial charge in [-0.25, -0.2) is 0 Å². The Balaban J connectivity index is 1.56. The summed E-state index contributed by atoms with van der Waals surface area (Å²) in [5.41, 5.74) is 9.83. The molecule has 1 aliphatic rings. The van der Waals surface area contributed by atoms with Gasteiger partial charge in [-0.3, -0.25) is 4.79 Å². The molecular formula is C20H20N4OS. The van der Waals surface area contributed by atoms with E-state index in [0.717, 1.165) is 39.7 Å². The fourth-order valence-corrected chi connectivity index (χ4v) is 3.89. The van der Waals surface area contributed by atoms with Crippen molar-refractivity contribution in [2.75, 3.05) is 13.1 Å². The number of rotatable bonds is 3. The summed E-state index contributed by atoms with van der Waals surface area (Å²) in [6, 6.07) is 16.1. The van der Waals surface area contributed by atoms with E-state index in [1.54, 1.807) is 11.3 Å². The van der Waals surface area contributed by atoms with Gasteiger partial charge in [0.1, 0.15) is 10.0 Å². The summed E-state index contributed by atoms with van der Waals surface area (Å²) < 4.78 is 0. The molecule has 0 saturated carbocycles. The first-order valence-corrected chi connectivity index (χ1v) is 9.47. The Morgan fingerprint density at radius 1 is 1.12 bits per heavy atom. The number of aromatic nitrogens is 2. The molecule has 2 N–H and O–H groups in total. The SMILES string of the molecule is Cc1nnc(-c2cccc(-c3ccc(C(=O)N4CC[C@H](N)C4)cc3)c2)s1. The molecular weight excluding hydrogens is 344 g/mol. The third kappa shape index (κ3) is 3.38. The van der Waals surface area contributed by atoms with Gasteiger partial charge in [0.2, 0.25) is 0 Å². The lowest BCUT2D eigenvalue weighted by molar-refractivity contribution is 0.0791. The summed E-state index contributed by atoms with van der Waals surface area (Å²) in [4.78, 5) is 14.4. The van der Waals surface area contributed by atoms with Crippen molar-refractivity contribution in [1.29, 1.82) is 0 Å². The van der Waals surface area contributed by atoms with Crippen LogP contribution in [-0.2, 0) is 0 Å². The van der Waals surface area contributed by atoms with Crippen LogP contribution in [0.3, 0.4) is 0 Å². The molecule has 4 rings (SSSR count). The van der Waals surface area contributed by atoms with Crippen molar-refractivity contribution in [3.05, 3.63) is 59.1 Å². The van der Waals surface area contributed by atoms with Gasteiger partial charge in [0.05, 0.1) is 0 Å². The number of hydrogen-bond donors (Lipinski definition) is 1. The van der Waals surface area contributed by atoms with E-state index >= 15 is 0 Å². The number of benzene rings is 2. The van der Waals surface area contributed by atoms with E-state index in [1.165, 1.54) is 0 Å². The predicted molar refractivity (Wildman–Crippen MR) is 104 cm³/mol. The molecule has 0 spiro atoms. The van der Waals surface area contributed by atoms with Gasteiger partial charge in [-0.2, -0.15) is 0 Å². The second-order valence-corrected chi connectivity index (χ2v) is 7.77. The summed E-state index contributed by atoms with van der Waals surface area (Å²) in [5.74, 6) is 0.0579. The molecule has 1 amide bonds. The molecule has 0 aliphatic carbocycles. The summed E-state index contributed by atoms with van der Waals surface area (Å²) in [7, 11) is 0. The average molecular weight is 364 g/mol. The van der Waals surface area contributed by atoms with Gasteiger partial charge in [0, 0.05) is 30.3 Å². The normalized spacial score (nSPS) is 16.8. The molecule has 1 fully saturated rings. The van der Waals surface area contributed by atoms with Crippen molar-refractivity contribution in [3.63, 3.8) is 0 Å². The lowest BCUT2D eigenvalue weighted by Gasteiger charge is -2.16. The van der Waals surface area contributed by atoms with Crippen LogP contribution in [0.15, 0.2) is 48.5 Å². The standard InChI is InChI=1S/C20H20N4OS/c1-13-22-23-19(26-13)17-4-2-3-16(11-17)14-5-7-15(8-6-14)20(25)24-10-9-18(21)12-24/h2-8,11,18H,9-10,12,21H2,1H3/t18-/m0/s1. The number of amides is 1. The molecule has 0 bridgehead atoms. The van der Waals surface area contributed by atoms with Gasteiger partial charge in [0.15, 0.2) is 0 Å². The molecule has 0 unspecified atom stereocenters. The molecule has 0 radical (unpaired) electrons. The number of carbonyl (C=O) groups excluding carboxylic acids is 1. The molecule has 2 heterocycles. The highest BCUT2D eigenvalue weighted by Crippen LogP contribution is 2.28. The first kappa shape index (κ1) is 16.9. The summed E-state index contributed by atoms with van der Waals surface area (Å²) in [6.07, 6.45) is 0.877. The van der Waals surface area contributed by atoms with Gasteiger partial charge < -0.3 is 10.6 Å². The zero-order chi connectivity index (χ0) is 18.1. The molecule has 1 aromatic heterocycles. The molecule has 1 atom stereocenters. The second kappa shape index (κ2) is 6.97. The third-order valence-electron chi connectivity index (χ3n) is 4.61. The van der Waals surface area contributed by atoms with Crippen molar-refractivity contribution < 1.29 is 4.79 Å². The van der Waals surface area contributed by atoms with Crippen molar-refractivity contribution in [2.45, 2.75) is 19.4 Å². The maximum atomic E-state index is 12.5. The molecule has 132 valence electrons. The first-order chi connectivity index (χ1) is 12.6. The third-order valence-corrected chi connectivity index (χ3v) is 5.50. The smallest absolute Gasteiger partial charge is 0.253 e. The van der Waals surface area contributed by atoms with E-state index in [1.807, 2.05) is 48.2 Å². The Bertz CT molecular complexity index is 935. The Labute approximate surface area is 156 Å². The van der Waals surface area contributed by atoms with Crippen LogP contribution < -0.4 is 5.73 Å². The number of carbonyl (C=O) groups is 1. The molecule has 1 aliphatic heterocycles. The van der Waals surface area contributed by atoms with E-state index < -0.39 is 0 Å². The minimum atomic E-state index is 0.0579. The van der Waals surface area contributed by atoms with Gasteiger partial charge in [-0.15, -0.1) is 10.2 Å². The average Bonchev–Trinajstić information content (AvgIpc) is 3.30. The van der Waals surface area contributed by atoms with E-state index in [0.29, 0.717) is 12.1 Å². The summed E-state index contributed by atoms with van der Waals surface area (Å²) >= 11 is 1.58. The van der Waals surface area contributed by atoms with Crippen molar-refractivity contribution >= 4 is 17.2 Å². The molecule has 1 saturated heterocycles. The van der Waals surface area contributed by atoms with Crippen LogP contribution >= 0.6 is 11.3 Å². The van der Waals surface area contributed by atoms with Crippen LogP contribution in [0, 0.1) is 6.92 Å². The molecule has 26 heavy (non-hydrogen) atoms. The number of hydrogen-bond acceptors (Lipinski definition) is 5. The lowest BCUT2D eigenvalue weighted by atomic mass is 10.0. The highest BCUT2D eigenvalue weighted by Gasteiger charge is 2.24. The van der Waals surface area contributed by atoms with E-state index in [4.69, 9.17) is 5.73 Å². The van der Waals surface area contributed by atoms with Crippen LogP contribution in [0.5, 0.6) is 0 Å². The maximum absolute atomic E-state index is 12.5. The van der Waals surface area contributed by atoms with Gasteiger partial charge in [-0.1, -0.05) is 41.7 Å². The monoisotopic (exact) mass is 364 g/mol. The van der Waals surface area contributed by atoms with Crippen molar-refractivity contribution in [3.8, 4) is 21.7 Å². The maximum Gasteiger partial charge on any atom is 0.253 e. The van der Waals surface area contributed by atoms with Crippen molar-refractivity contribution in [1.82, 2.24) is 15.1 Å². The molecule has 5 nitrogen and oxygen atoms in total. The van der Waals surface area contributed by atoms with Gasteiger partial charge in [-0.05, 0) is 42.7 Å². The first-order valence-electron chi connectivity index (χ1n) is 8.66. The van der Waals surface area contributed by atoms with E-state index in [9.17, 15) is 4.79 Å².